The monoisotopic (exact) mass is 329 g/mol. The molecule has 0 unspecified atom stereocenters. The van der Waals surface area contributed by atoms with E-state index in [0.717, 1.165) is 24.8 Å². The smallest absolute Gasteiger partial charge is 0.303 e. The Hall–Kier alpha value is -1.26. The van der Waals surface area contributed by atoms with Crippen LogP contribution < -0.4 is 5.32 Å². The van der Waals surface area contributed by atoms with Crippen LogP contribution in [0.3, 0.4) is 0 Å². The van der Waals surface area contributed by atoms with Crippen molar-refractivity contribution in [2.75, 3.05) is 6.54 Å². The van der Waals surface area contributed by atoms with Gasteiger partial charge in [-0.1, -0.05) is 35.7 Å². The van der Waals surface area contributed by atoms with E-state index in [0.29, 0.717) is 16.6 Å². The third kappa shape index (κ3) is 3.89. The molecule has 1 aromatic rings. The molecule has 114 valence electrons. The molecule has 0 heterocycles. The number of nitrogens with one attached hydrogen (secondary N) is 1. The maximum Gasteiger partial charge on any atom is 0.303 e. The molecule has 0 radical (unpaired) electrons. The van der Waals surface area contributed by atoms with Gasteiger partial charge in [-0.2, -0.15) is 0 Å². The number of carboxylic acids is 1. The van der Waals surface area contributed by atoms with Crippen LogP contribution in [0.4, 0.5) is 0 Å². The second-order valence-electron chi connectivity index (χ2n) is 5.43. The van der Waals surface area contributed by atoms with E-state index in [2.05, 4.69) is 5.32 Å². The van der Waals surface area contributed by atoms with Crippen LogP contribution in [-0.4, -0.2) is 23.5 Å². The van der Waals surface area contributed by atoms with Gasteiger partial charge in [0.2, 0.25) is 5.91 Å². The molecule has 0 atom stereocenters. The summed E-state index contributed by atoms with van der Waals surface area (Å²) < 4.78 is 0. The molecule has 1 fully saturated rings. The van der Waals surface area contributed by atoms with Gasteiger partial charge in [-0.15, -0.1) is 0 Å². The van der Waals surface area contributed by atoms with Gasteiger partial charge in [0, 0.05) is 28.4 Å². The van der Waals surface area contributed by atoms with Gasteiger partial charge in [0.25, 0.3) is 0 Å². The van der Waals surface area contributed by atoms with E-state index in [1.54, 1.807) is 12.1 Å². The molecule has 2 rings (SSSR count). The summed E-state index contributed by atoms with van der Waals surface area (Å²) in [5.74, 6) is -1.21. The number of carbonyl (C=O) groups is 2. The summed E-state index contributed by atoms with van der Waals surface area (Å²) in [6.07, 6.45) is 2.84. The molecule has 0 aliphatic heterocycles. The molecule has 1 aliphatic rings. The number of hydrogen-bond donors (Lipinski definition) is 2. The second-order valence-corrected chi connectivity index (χ2v) is 6.27. The molecule has 1 aromatic carbocycles. The third-order valence-corrected chi connectivity index (χ3v) is 4.55. The van der Waals surface area contributed by atoms with Gasteiger partial charge < -0.3 is 10.4 Å². The fourth-order valence-electron chi connectivity index (χ4n) is 2.64. The number of hydrogen-bond acceptors (Lipinski definition) is 2. The molecule has 1 amide bonds. The highest BCUT2D eigenvalue weighted by Crippen LogP contribution is 2.46. The van der Waals surface area contributed by atoms with Crippen molar-refractivity contribution in [1.82, 2.24) is 5.32 Å². The summed E-state index contributed by atoms with van der Waals surface area (Å²) in [4.78, 5) is 22.1. The number of carboxylic acid groups (broad SMARTS) is 1. The summed E-state index contributed by atoms with van der Waals surface area (Å²) in [6.45, 7) is 0.479. The predicted octanol–water partition coefficient (Wildman–Crippen LogP) is 3.40. The van der Waals surface area contributed by atoms with Crippen molar-refractivity contribution in [2.24, 2.45) is 0 Å². The van der Waals surface area contributed by atoms with Gasteiger partial charge in [-0.3, -0.25) is 9.59 Å². The highest BCUT2D eigenvalue weighted by molar-refractivity contribution is 6.35. The zero-order chi connectivity index (χ0) is 15.5. The van der Waals surface area contributed by atoms with Gasteiger partial charge in [-0.05, 0) is 30.5 Å². The van der Waals surface area contributed by atoms with Crippen molar-refractivity contribution in [1.29, 1.82) is 0 Å². The first kappa shape index (κ1) is 16.1. The number of halogens is 2. The van der Waals surface area contributed by atoms with Gasteiger partial charge in [0.15, 0.2) is 0 Å². The number of carbonyl (C=O) groups excluding carboxylic acids is 1. The Morgan fingerprint density at radius 3 is 2.48 bits per heavy atom. The Kier molecular flexibility index (Phi) is 5.12. The Balaban J connectivity index is 2.01. The minimum absolute atomic E-state index is 0.000235. The first-order valence-electron chi connectivity index (χ1n) is 6.87. The minimum Gasteiger partial charge on any atom is -0.481 e. The van der Waals surface area contributed by atoms with Crippen molar-refractivity contribution >= 4 is 35.1 Å². The molecule has 0 saturated heterocycles. The van der Waals surface area contributed by atoms with E-state index < -0.39 is 5.97 Å². The zero-order valence-electron chi connectivity index (χ0n) is 11.5. The zero-order valence-corrected chi connectivity index (χ0v) is 13.0. The molecule has 4 nitrogen and oxygen atoms in total. The highest BCUT2D eigenvalue weighted by Gasteiger charge is 2.40. The molecule has 0 aromatic heterocycles. The van der Waals surface area contributed by atoms with E-state index in [1.165, 1.54) is 0 Å². The van der Waals surface area contributed by atoms with Crippen LogP contribution in [-0.2, 0) is 15.0 Å². The van der Waals surface area contributed by atoms with Crippen molar-refractivity contribution in [3.63, 3.8) is 0 Å². The summed E-state index contributed by atoms with van der Waals surface area (Å²) >= 11 is 12.2. The first-order chi connectivity index (χ1) is 9.93. The predicted molar refractivity (Wildman–Crippen MR) is 81.9 cm³/mol. The number of rotatable bonds is 6. The van der Waals surface area contributed by atoms with Gasteiger partial charge in [0.1, 0.15) is 0 Å². The van der Waals surface area contributed by atoms with Gasteiger partial charge in [-0.25, -0.2) is 0 Å². The molecule has 21 heavy (non-hydrogen) atoms. The Morgan fingerprint density at radius 2 is 1.95 bits per heavy atom. The van der Waals surface area contributed by atoms with Crippen LogP contribution >= 0.6 is 23.2 Å². The van der Waals surface area contributed by atoms with Gasteiger partial charge in [0.05, 0.1) is 6.42 Å². The number of aliphatic carboxylic acids is 1. The second kappa shape index (κ2) is 6.67. The van der Waals surface area contributed by atoms with E-state index >= 15 is 0 Å². The number of benzene rings is 1. The molecule has 0 spiro atoms. The Morgan fingerprint density at radius 1 is 1.24 bits per heavy atom. The van der Waals surface area contributed by atoms with Crippen LogP contribution in [0, 0.1) is 0 Å². The van der Waals surface area contributed by atoms with Crippen molar-refractivity contribution in [3.05, 3.63) is 33.8 Å². The molecule has 1 aliphatic carbocycles. The van der Waals surface area contributed by atoms with Crippen molar-refractivity contribution in [2.45, 2.75) is 37.5 Å². The lowest BCUT2D eigenvalue weighted by atomic mass is 9.64. The lowest BCUT2D eigenvalue weighted by Gasteiger charge is -2.43. The Labute approximate surface area is 133 Å². The minimum atomic E-state index is -0.968. The van der Waals surface area contributed by atoms with E-state index in [9.17, 15) is 9.59 Å². The summed E-state index contributed by atoms with van der Waals surface area (Å²) in [5.41, 5.74) is 0.846. The Bertz CT molecular complexity index is 556. The maximum absolute atomic E-state index is 11.7. The summed E-state index contributed by atoms with van der Waals surface area (Å²) in [7, 11) is 0. The molecule has 2 N–H and O–H groups in total. The highest BCUT2D eigenvalue weighted by atomic mass is 35.5. The summed E-state index contributed by atoms with van der Waals surface area (Å²) in [5, 5.41) is 12.6. The first-order valence-corrected chi connectivity index (χ1v) is 7.63. The van der Waals surface area contributed by atoms with Crippen LogP contribution in [0.2, 0.25) is 10.0 Å². The van der Waals surface area contributed by atoms with E-state index in [-0.39, 0.29) is 24.2 Å². The van der Waals surface area contributed by atoms with Crippen LogP contribution in [0.5, 0.6) is 0 Å². The molecule has 1 saturated carbocycles. The average Bonchev–Trinajstić information content (AvgIpc) is 2.37. The molecular weight excluding hydrogens is 313 g/mol. The number of amides is 1. The molecule has 6 heteroatoms. The lowest BCUT2D eigenvalue weighted by molar-refractivity contribution is -0.138. The van der Waals surface area contributed by atoms with E-state index in [1.807, 2.05) is 6.07 Å². The largest absolute Gasteiger partial charge is 0.481 e. The maximum atomic E-state index is 11.7. The van der Waals surface area contributed by atoms with E-state index in [4.69, 9.17) is 28.3 Å². The van der Waals surface area contributed by atoms with Crippen molar-refractivity contribution in [3.8, 4) is 0 Å². The third-order valence-electron chi connectivity index (χ3n) is 4.00. The molecular formula is C15H17Cl2NO3. The van der Waals surface area contributed by atoms with Crippen LogP contribution in [0.15, 0.2) is 18.2 Å². The normalized spacial score (nSPS) is 16.1. The topological polar surface area (TPSA) is 66.4 Å². The standard InChI is InChI=1S/C15H17Cl2NO3/c16-10-2-3-11(12(17)8-10)15(6-1-7-15)9-18-13(19)4-5-14(20)21/h2-3,8H,1,4-7,9H2,(H,18,19)(H,20,21). The quantitative estimate of drug-likeness (QED) is 0.840. The van der Waals surface area contributed by atoms with Crippen molar-refractivity contribution < 1.29 is 14.7 Å². The van der Waals surface area contributed by atoms with Crippen LogP contribution in [0.25, 0.3) is 0 Å². The molecule has 0 bridgehead atoms. The fourth-order valence-corrected chi connectivity index (χ4v) is 3.25. The summed E-state index contributed by atoms with van der Waals surface area (Å²) in [6, 6.07) is 5.42. The lowest BCUT2D eigenvalue weighted by Crippen LogP contribution is -2.45. The SMILES string of the molecule is O=C(O)CCC(=O)NCC1(c2ccc(Cl)cc2Cl)CCC1. The fraction of sp³-hybridized carbons (Fsp3) is 0.467. The average molecular weight is 330 g/mol. The van der Waals surface area contributed by atoms with Gasteiger partial charge >= 0.3 is 5.97 Å². The van der Waals surface area contributed by atoms with Crippen LogP contribution in [0.1, 0.15) is 37.7 Å².